The van der Waals surface area contributed by atoms with Crippen LogP contribution in [0.2, 0.25) is 0 Å². The summed E-state index contributed by atoms with van der Waals surface area (Å²) in [7, 11) is 0. The fourth-order valence-electron chi connectivity index (χ4n) is 1.73. The molecule has 0 unspecified atom stereocenters. The zero-order chi connectivity index (χ0) is 12.3. The van der Waals surface area contributed by atoms with Crippen LogP contribution in [-0.4, -0.2) is 18.6 Å². The average molecular weight is 246 g/mol. The summed E-state index contributed by atoms with van der Waals surface area (Å²) < 4.78 is 44.9. The van der Waals surface area contributed by atoms with Gasteiger partial charge < -0.3 is 4.74 Å². The highest BCUT2D eigenvalue weighted by Gasteiger charge is 2.40. The van der Waals surface area contributed by atoms with Crippen LogP contribution in [0.1, 0.15) is 18.4 Å². The lowest BCUT2D eigenvalue weighted by molar-refractivity contribution is -0.357. The molecule has 0 radical (unpaired) electrons. The lowest BCUT2D eigenvalue weighted by Gasteiger charge is -2.35. The molecule has 17 heavy (non-hydrogen) atoms. The fraction of sp³-hybridized carbons (Fsp3) is 0.500. The summed E-state index contributed by atoms with van der Waals surface area (Å²) in [4.78, 5) is 0. The molecule has 1 fully saturated rings. The molecule has 1 aliphatic rings. The number of halogens is 3. The van der Waals surface area contributed by atoms with Crippen LogP contribution in [0.3, 0.4) is 0 Å². The van der Waals surface area contributed by atoms with Crippen molar-refractivity contribution in [3.63, 3.8) is 0 Å². The third kappa shape index (κ3) is 4.02. The fourth-order valence-corrected chi connectivity index (χ4v) is 1.73. The van der Waals surface area contributed by atoms with Gasteiger partial charge >= 0.3 is 6.36 Å². The minimum Gasteiger partial charge on any atom is -0.373 e. The summed E-state index contributed by atoms with van der Waals surface area (Å²) in [6.07, 6.45) is -4.77. The topological polar surface area (TPSA) is 18.5 Å². The van der Waals surface area contributed by atoms with Crippen molar-refractivity contribution in [3.05, 3.63) is 35.9 Å². The smallest absolute Gasteiger partial charge is 0.373 e. The number of rotatable bonds is 4. The molecule has 94 valence electrons. The molecule has 1 aliphatic carbocycles. The predicted octanol–water partition coefficient (Wildman–Crippen LogP) is 3.27. The van der Waals surface area contributed by atoms with E-state index in [1.807, 2.05) is 30.3 Å². The number of hydrogen-bond acceptors (Lipinski definition) is 2. The van der Waals surface area contributed by atoms with Gasteiger partial charge in [0.2, 0.25) is 0 Å². The highest BCUT2D eigenvalue weighted by Crippen LogP contribution is 2.32. The summed E-state index contributed by atoms with van der Waals surface area (Å²) in [6, 6.07) is 9.54. The standard InChI is InChI=1S/C12H13F3O2/c13-12(14,15)17-11-6-10(7-11)16-8-9-4-2-1-3-5-9/h1-5,10-11H,6-8H2/t10-,11+. The molecule has 5 heteroatoms. The molecule has 1 aromatic rings. The maximum Gasteiger partial charge on any atom is 0.522 e. The number of hydrogen-bond donors (Lipinski definition) is 0. The maximum atomic E-state index is 11.8. The third-order valence-corrected chi connectivity index (χ3v) is 2.68. The first-order valence-electron chi connectivity index (χ1n) is 5.43. The van der Waals surface area contributed by atoms with E-state index in [0.717, 1.165) is 5.56 Å². The lowest BCUT2D eigenvalue weighted by atomic mass is 9.92. The van der Waals surface area contributed by atoms with Crippen molar-refractivity contribution in [2.45, 2.75) is 38.0 Å². The van der Waals surface area contributed by atoms with Gasteiger partial charge in [0.25, 0.3) is 0 Å². The molecule has 0 aliphatic heterocycles. The Bertz CT molecular complexity index is 345. The molecular weight excluding hydrogens is 233 g/mol. The molecule has 2 nitrogen and oxygen atoms in total. The van der Waals surface area contributed by atoms with Gasteiger partial charge in [-0.25, -0.2) is 0 Å². The summed E-state index contributed by atoms with van der Waals surface area (Å²) >= 11 is 0. The van der Waals surface area contributed by atoms with Crippen LogP contribution in [0.5, 0.6) is 0 Å². The van der Waals surface area contributed by atoms with E-state index >= 15 is 0 Å². The average Bonchev–Trinajstić information content (AvgIpc) is 2.21. The summed E-state index contributed by atoms with van der Waals surface area (Å²) in [5.41, 5.74) is 1.02. The minimum absolute atomic E-state index is 0.123. The molecule has 0 amide bonds. The molecule has 0 atom stereocenters. The second-order valence-electron chi connectivity index (χ2n) is 4.08. The van der Waals surface area contributed by atoms with E-state index < -0.39 is 12.5 Å². The highest BCUT2D eigenvalue weighted by molar-refractivity contribution is 5.13. The quantitative estimate of drug-likeness (QED) is 0.811. The zero-order valence-electron chi connectivity index (χ0n) is 9.11. The summed E-state index contributed by atoms with van der Waals surface area (Å²) in [6.45, 7) is 0.435. The van der Waals surface area contributed by atoms with Crippen molar-refractivity contribution in [2.24, 2.45) is 0 Å². The van der Waals surface area contributed by atoms with Crippen molar-refractivity contribution in [1.82, 2.24) is 0 Å². The molecule has 1 aromatic carbocycles. The molecule has 1 saturated carbocycles. The van der Waals surface area contributed by atoms with Crippen molar-refractivity contribution >= 4 is 0 Å². The molecule has 0 saturated heterocycles. The molecule has 0 heterocycles. The van der Waals surface area contributed by atoms with Gasteiger partial charge in [0.15, 0.2) is 0 Å². The third-order valence-electron chi connectivity index (χ3n) is 2.68. The maximum absolute atomic E-state index is 11.8. The molecule has 2 rings (SSSR count). The van der Waals surface area contributed by atoms with Gasteiger partial charge in [0, 0.05) is 12.8 Å². The molecule has 0 spiro atoms. The van der Waals surface area contributed by atoms with Gasteiger partial charge in [-0.05, 0) is 5.56 Å². The van der Waals surface area contributed by atoms with Gasteiger partial charge in [-0.2, -0.15) is 0 Å². The predicted molar refractivity (Wildman–Crippen MR) is 55.2 cm³/mol. The van der Waals surface area contributed by atoms with E-state index in [4.69, 9.17) is 4.74 Å². The molecule has 0 bridgehead atoms. The van der Waals surface area contributed by atoms with Crippen LogP contribution in [0.4, 0.5) is 13.2 Å². The monoisotopic (exact) mass is 246 g/mol. The van der Waals surface area contributed by atoms with E-state index in [2.05, 4.69) is 4.74 Å². The van der Waals surface area contributed by atoms with Gasteiger partial charge in [-0.1, -0.05) is 30.3 Å². The first-order chi connectivity index (χ1) is 8.03. The van der Waals surface area contributed by atoms with Gasteiger partial charge in [-0.3, -0.25) is 4.74 Å². The molecular formula is C12H13F3O2. The first-order valence-corrected chi connectivity index (χ1v) is 5.43. The Morgan fingerprint density at radius 1 is 1.06 bits per heavy atom. The van der Waals surface area contributed by atoms with Crippen LogP contribution < -0.4 is 0 Å². The Labute approximate surface area is 97.3 Å². The zero-order valence-corrected chi connectivity index (χ0v) is 9.11. The van der Waals surface area contributed by atoms with Crippen molar-refractivity contribution in [2.75, 3.05) is 0 Å². The number of alkyl halides is 3. The molecule has 0 N–H and O–H groups in total. The van der Waals surface area contributed by atoms with Gasteiger partial charge in [0.1, 0.15) is 0 Å². The van der Waals surface area contributed by atoms with Crippen molar-refractivity contribution < 1.29 is 22.6 Å². The van der Waals surface area contributed by atoms with Crippen LogP contribution in [-0.2, 0) is 16.1 Å². The normalized spacial score (nSPS) is 24.4. The molecule has 0 aromatic heterocycles. The van der Waals surface area contributed by atoms with Crippen molar-refractivity contribution in [3.8, 4) is 0 Å². The minimum atomic E-state index is -4.53. The SMILES string of the molecule is FC(F)(F)O[C@H]1C[C@@H](OCc2ccccc2)C1. The summed E-state index contributed by atoms with van der Waals surface area (Å²) in [5, 5.41) is 0. The van der Waals surface area contributed by atoms with Crippen LogP contribution in [0.15, 0.2) is 30.3 Å². The highest BCUT2D eigenvalue weighted by atomic mass is 19.4. The Hall–Kier alpha value is -1.07. The Morgan fingerprint density at radius 3 is 2.29 bits per heavy atom. The Balaban J connectivity index is 1.65. The van der Waals surface area contributed by atoms with Crippen LogP contribution in [0, 0.1) is 0 Å². The van der Waals surface area contributed by atoms with E-state index in [0.29, 0.717) is 19.4 Å². The van der Waals surface area contributed by atoms with Crippen LogP contribution >= 0.6 is 0 Å². The number of ether oxygens (including phenoxy) is 2. The first kappa shape index (κ1) is 12.4. The number of benzene rings is 1. The van der Waals surface area contributed by atoms with E-state index in [1.165, 1.54) is 0 Å². The Kier molecular flexibility index (Phi) is 3.69. The lowest BCUT2D eigenvalue weighted by Crippen LogP contribution is -2.40. The van der Waals surface area contributed by atoms with E-state index in [-0.39, 0.29) is 6.10 Å². The van der Waals surface area contributed by atoms with Crippen LogP contribution in [0.25, 0.3) is 0 Å². The largest absolute Gasteiger partial charge is 0.522 e. The van der Waals surface area contributed by atoms with Gasteiger partial charge in [-0.15, -0.1) is 13.2 Å². The van der Waals surface area contributed by atoms with E-state index in [1.54, 1.807) is 0 Å². The summed E-state index contributed by atoms with van der Waals surface area (Å²) in [5.74, 6) is 0. The second-order valence-corrected chi connectivity index (χ2v) is 4.08. The van der Waals surface area contributed by atoms with Gasteiger partial charge in [0.05, 0.1) is 18.8 Å². The van der Waals surface area contributed by atoms with E-state index in [9.17, 15) is 13.2 Å². The second kappa shape index (κ2) is 5.06. The van der Waals surface area contributed by atoms with Crippen molar-refractivity contribution in [1.29, 1.82) is 0 Å². The Morgan fingerprint density at radius 2 is 1.71 bits per heavy atom.